The predicted molar refractivity (Wildman–Crippen MR) is 99.7 cm³/mol. The summed E-state index contributed by atoms with van der Waals surface area (Å²) in [5.41, 5.74) is 5.09. The summed E-state index contributed by atoms with van der Waals surface area (Å²) >= 11 is 6.02. The molecule has 0 atom stereocenters. The van der Waals surface area contributed by atoms with Crippen LogP contribution in [0.1, 0.15) is 0 Å². The number of para-hydroxylation sites is 1. The molecule has 3 heterocycles. The van der Waals surface area contributed by atoms with Crippen molar-refractivity contribution in [1.29, 1.82) is 0 Å². The van der Waals surface area contributed by atoms with Crippen LogP contribution in [0.15, 0.2) is 81.8 Å². The van der Waals surface area contributed by atoms with E-state index < -0.39 is 0 Å². The molecule has 0 N–H and O–H groups in total. The molecule has 25 heavy (non-hydrogen) atoms. The lowest BCUT2D eigenvalue weighted by atomic mass is 10.1. The zero-order valence-corrected chi connectivity index (χ0v) is 13.8. The van der Waals surface area contributed by atoms with Gasteiger partial charge in [0.05, 0.1) is 17.5 Å². The number of rotatable bonds is 2. The van der Waals surface area contributed by atoms with E-state index in [2.05, 4.69) is 0 Å². The smallest absolute Gasteiger partial charge is 0.164 e. The van der Waals surface area contributed by atoms with Crippen LogP contribution in [0.5, 0.6) is 0 Å². The normalized spacial score (nSPS) is 11.4. The van der Waals surface area contributed by atoms with E-state index in [0.717, 1.165) is 44.7 Å². The zero-order valence-electron chi connectivity index (χ0n) is 13.1. The van der Waals surface area contributed by atoms with Crippen molar-refractivity contribution in [3.8, 4) is 22.6 Å². The van der Waals surface area contributed by atoms with Gasteiger partial charge in [0.25, 0.3) is 0 Å². The molecule has 0 bridgehead atoms. The number of halogens is 1. The summed E-state index contributed by atoms with van der Waals surface area (Å²) in [4.78, 5) is 4.86. The Morgan fingerprint density at radius 3 is 2.52 bits per heavy atom. The predicted octanol–water partition coefficient (Wildman–Crippen LogP) is 6.56. The average molecular weight is 346 g/mol. The Bertz CT molecular complexity index is 1190. The van der Waals surface area contributed by atoms with Gasteiger partial charge in [-0.3, -0.25) is 0 Å². The Morgan fingerprint density at radius 2 is 1.72 bits per heavy atom. The fourth-order valence-electron chi connectivity index (χ4n) is 3.06. The highest BCUT2D eigenvalue weighted by atomic mass is 35.5. The van der Waals surface area contributed by atoms with Crippen molar-refractivity contribution in [2.45, 2.75) is 0 Å². The van der Waals surface area contributed by atoms with Crippen LogP contribution in [0.3, 0.4) is 0 Å². The van der Waals surface area contributed by atoms with Gasteiger partial charge in [-0.15, -0.1) is 0 Å². The van der Waals surface area contributed by atoms with Crippen molar-refractivity contribution in [3.05, 3.63) is 78.0 Å². The zero-order chi connectivity index (χ0) is 16.8. The topological polar surface area (TPSA) is 39.2 Å². The molecule has 0 saturated heterocycles. The summed E-state index contributed by atoms with van der Waals surface area (Å²) in [6, 6.07) is 21.3. The summed E-state index contributed by atoms with van der Waals surface area (Å²) in [6.45, 7) is 0. The Kier molecular flexibility index (Phi) is 3.15. The first-order valence-corrected chi connectivity index (χ1v) is 8.29. The quantitative estimate of drug-likeness (QED) is 0.363. The van der Waals surface area contributed by atoms with Crippen LogP contribution in [0.25, 0.3) is 44.7 Å². The summed E-state index contributed by atoms with van der Waals surface area (Å²) in [7, 11) is 0. The van der Waals surface area contributed by atoms with Gasteiger partial charge >= 0.3 is 0 Å². The van der Waals surface area contributed by atoms with E-state index in [1.165, 1.54) is 0 Å². The molecule has 0 fully saturated rings. The van der Waals surface area contributed by atoms with Gasteiger partial charge in [-0.2, -0.15) is 0 Å². The molecule has 0 unspecified atom stereocenters. The highest BCUT2D eigenvalue weighted by molar-refractivity contribution is 6.30. The number of pyridine rings is 1. The Morgan fingerprint density at radius 1 is 0.880 bits per heavy atom. The van der Waals surface area contributed by atoms with E-state index >= 15 is 0 Å². The molecule has 0 aliphatic heterocycles. The van der Waals surface area contributed by atoms with Gasteiger partial charge in [0.15, 0.2) is 5.58 Å². The van der Waals surface area contributed by atoms with Crippen molar-refractivity contribution in [3.63, 3.8) is 0 Å². The fourth-order valence-corrected chi connectivity index (χ4v) is 3.19. The van der Waals surface area contributed by atoms with Crippen molar-refractivity contribution in [2.75, 3.05) is 0 Å². The van der Waals surface area contributed by atoms with Gasteiger partial charge in [0, 0.05) is 16.0 Å². The molecular weight excluding hydrogens is 334 g/mol. The van der Waals surface area contributed by atoms with Gasteiger partial charge in [-0.05, 0) is 42.5 Å². The van der Waals surface area contributed by atoms with E-state index in [1.54, 1.807) is 6.26 Å². The van der Waals surface area contributed by atoms with Crippen LogP contribution in [-0.2, 0) is 0 Å². The van der Waals surface area contributed by atoms with Crippen LogP contribution in [0.4, 0.5) is 0 Å². The van der Waals surface area contributed by atoms with Crippen molar-refractivity contribution in [2.24, 2.45) is 0 Å². The highest BCUT2D eigenvalue weighted by Crippen LogP contribution is 2.37. The maximum absolute atomic E-state index is 6.07. The van der Waals surface area contributed by atoms with Crippen molar-refractivity contribution < 1.29 is 8.83 Å². The Hall–Kier alpha value is -3.04. The number of hydrogen-bond acceptors (Lipinski definition) is 3. The van der Waals surface area contributed by atoms with Crippen LogP contribution < -0.4 is 0 Å². The van der Waals surface area contributed by atoms with Crippen LogP contribution in [0, 0.1) is 0 Å². The van der Waals surface area contributed by atoms with Crippen molar-refractivity contribution >= 4 is 33.7 Å². The molecule has 3 nitrogen and oxygen atoms in total. The van der Waals surface area contributed by atoms with Gasteiger partial charge in [0.2, 0.25) is 0 Å². The second-order valence-electron chi connectivity index (χ2n) is 5.82. The number of benzene rings is 2. The first-order chi connectivity index (χ1) is 12.3. The van der Waals surface area contributed by atoms with E-state index in [-0.39, 0.29) is 0 Å². The average Bonchev–Trinajstić information content (AvgIpc) is 3.29. The minimum absolute atomic E-state index is 0.699. The van der Waals surface area contributed by atoms with Gasteiger partial charge in [-0.25, -0.2) is 4.98 Å². The Labute approximate surface area is 148 Å². The minimum atomic E-state index is 0.699. The third-order valence-electron chi connectivity index (χ3n) is 4.25. The number of furan rings is 2. The third-order valence-corrected chi connectivity index (χ3v) is 4.51. The Balaban J connectivity index is 1.87. The first kappa shape index (κ1) is 14.3. The van der Waals surface area contributed by atoms with Crippen LogP contribution >= 0.6 is 11.6 Å². The highest BCUT2D eigenvalue weighted by Gasteiger charge is 2.17. The fraction of sp³-hybridized carbons (Fsp3) is 0. The standard InChI is InChI=1S/C21H12ClNO2/c22-14-9-7-13(8-10-14)17-12-16(18-6-3-11-24-18)21-20(23-17)15-4-1-2-5-19(15)25-21/h1-12H. The van der Waals surface area contributed by atoms with E-state index in [9.17, 15) is 0 Å². The molecule has 0 aliphatic carbocycles. The van der Waals surface area contributed by atoms with Gasteiger partial charge in [0.1, 0.15) is 16.9 Å². The monoisotopic (exact) mass is 345 g/mol. The molecule has 0 saturated carbocycles. The maximum atomic E-state index is 6.07. The largest absolute Gasteiger partial charge is 0.464 e. The van der Waals surface area contributed by atoms with Crippen LogP contribution in [-0.4, -0.2) is 4.98 Å². The number of hydrogen-bond donors (Lipinski definition) is 0. The lowest BCUT2D eigenvalue weighted by Gasteiger charge is -2.05. The number of nitrogens with zero attached hydrogens (tertiary/aromatic N) is 1. The van der Waals surface area contributed by atoms with E-state index in [0.29, 0.717) is 5.02 Å². The molecule has 4 heteroatoms. The molecule has 5 rings (SSSR count). The third kappa shape index (κ3) is 2.32. The summed E-state index contributed by atoms with van der Waals surface area (Å²) in [5.74, 6) is 0.752. The lowest BCUT2D eigenvalue weighted by molar-refractivity contribution is 0.580. The maximum Gasteiger partial charge on any atom is 0.164 e. The summed E-state index contributed by atoms with van der Waals surface area (Å²) in [5, 5.41) is 1.69. The molecular formula is C21H12ClNO2. The molecule has 0 spiro atoms. The molecule has 0 radical (unpaired) electrons. The molecule has 120 valence electrons. The first-order valence-electron chi connectivity index (χ1n) is 7.92. The van der Waals surface area contributed by atoms with Crippen LogP contribution in [0.2, 0.25) is 5.02 Å². The molecule has 2 aromatic carbocycles. The SMILES string of the molecule is Clc1ccc(-c2cc(-c3ccco3)c3oc4ccccc4c3n2)cc1. The lowest BCUT2D eigenvalue weighted by Crippen LogP contribution is -1.87. The second-order valence-corrected chi connectivity index (χ2v) is 6.25. The molecule has 0 aliphatic rings. The second kappa shape index (κ2) is 5.50. The molecule has 5 aromatic rings. The van der Waals surface area contributed by atoms with Crippen molar-refractivity contribution in [1.82, 2.24) is 4.98 Å². The summed E-state index contributed by atoms with van der Waals surface area (Å²) < 4.78 is 11.7. The van der Waals surface area contributed by atoms with Gasteiger partial charge in [-0.1, -0.05) is 35.9 Å². The summed E-state index contributed by atoms with van der Waals surface area (Å²) in [6.07, 6.45) is 1.66. The number of aromatic nitrogens is 1. The van der Waals surface area contributed by atoms with Gasteiger partial charge < -0.3 is 8.83 Å². The minimum Gasteiger partial charge on any atom is -0.464 e. The number of fused-ring (bicyclic) bond motifs is 3. The molecule has 3 aromatic heterocycles. The molecule has 0 amide bonds. The van der Waals surface area contributed by atoms with E-state index in [1.807, 2.05) is 66.7 Å². The van der Waals surface area contributed by atoms with E-state index in [4.69, 9.17) is 25.4 Å².